The molecule has 1 atom stereocenters. The van der Waals surface area contributed by atoms with Crippen LogP contribution in [0.15, 0.2) is 14.7 Å². The van der Waals surface area contributed by atoms with Crippen LogP contribution in [0.5, 0.6) is 0 Å². The summed E-state index contributed by atoms with van der Waals surface area (Å²) < 4.78 is 30.7. The van der Waals surface area contributed by atoms with Crippen molar-refractivity contribution >= 4 is 43.3 Å². The summed E-state index contributed by atoms with van der Waals surface area (Å²) in [6, 6.07) is 1.17. The predicted molar refractivity (Wildman–Crippen MR) is 71.6 cm³/mol. The lowest BCUT2D eigenvalue weighted by atomic mass is 10.4. The van der Waals surface area contributed by atoms with Gasteiger partial charge in [0.15, 0.2) is 0 Å². The number of aliphatic hydroxyl groups excluding tert-OH is 2. The highest BCUT2D eigenvalue weighted by atomic mass is 79.9. The van der Waals surface area contributed by atoms with Crippen LogP contribution in [-0.4, -0.2) is 51.0 Å². The fraction of sp³-hybridized carbons (Fsp3) is 0.444. The zero-order chi connectivity index (χ0) is 14.6. The van der Waals surface area contributed by atoms with Crippen LogP contribution in [0.4, 0.5) is 0 Å². The molecule has 1 aromatic heterocycles. The Kier molecular flexibility index (Phi) is 5.89. The SMILES string of the molecule is COC(=O)c1cc(S(=O)(=O)NCC(O)CO)c(Br)s1. The molecule has 0 aliphatic carbocycles. The first-order valence-electron chi connectivity index (χ1n) is 4.98. The number of carbonyl (C=O) groups is 1. The first kappa shape index (κ1) is 16.5. The molecule has 0 aromatic carbocycles. The number of sulfonamides is 1. The Labute approximate surface area is 122 Å². The minimum atomic E-state index is -3.88. The zero-order valence-electron chi connectivity index (χ0n) is 9.79. The fourth-order valence-corrected chi connectivity index (χ4v) is 4.64. The molecule has 1 aromatic rings. The van der Waals surface area contributed by atoms with Crippen LogP contribution in [0.2, 0.25) is 0 Å². The van der Waals surface area contributed by atoms with Gasteiger partial charge in [0.1, 0.15) is 9.77 Å². The van der Waals surface area contributed by atoms with Gasteiger partial charge in [-0.15, -0.1) is 11.3 Å². The van der Waals surface area contributed by atoms with Crippen molar-refractivity contribution < 1.29 is 28.2 Å². The first-order chi connectivity index (χ1) is 8.81. The van der Waals surface area contributed by atoms with Gasteiger partial charge in [-0.2, -0.15) is 0 Å². The number of rotatable bonds is 6. The Hall–Kier alpha value is -0.520. The van der Waals surface area contributed by atoms with E-state index in [9.17, 15) is 13.2 Å². The average molecular weight is 374 g/mol. The second-order valence-corrected chi connectivity index (χ2v) is 7.53. The summed E-state index contributed by atoms with van der Waals surface area (Å²) >= 11 is 3.98. The molecule has 0 radical (unpaired) electrons. The lowest BCUT2D eigenvalue weighted by Crippen LogP contribution is -2.33. The van der Waals surface area contributed by atoms with E-state index in [-0.39, 0.29) is 20.1 Å². The van der Waals surface area contributed by atoms with Crippen molar-refractivity contribution in [2.24, 2.45) is 0 Å². The van der Waals surface area contributed by atoms with E-state index in [2.05, 4.69) is 25.4 Å². The topological polar surface area (TPSA) is 113 Å². The maximum atomic E-state index is 11.9. The number of carbonyl (C=O) groups excluding carboxylic acids is 1. The molecule has 1 heterocycles. The molecule has 19 heavy (non-hydrogen) atoms. The van der Waals surface area contributed by atoms with Gasteiger partial charge >= 0.3 is 5.97 Å². The third-order valence-electron chi connectivity index (χ3n) is 2.05. The second kappa shape index (κ2) is 6.77. The Morgan fingerprint density at radius 2 is 2.26 bits per heavy atom. The van der Waals surface area contributed by atoms with Crippen LogP contribution in [0.25, 0.3) is 0 Å². The molecule has 0 aliphatic heterocycles. The lowest BCUT2D eigenvalue weighted by Gasteiger charge is -2.08. The van der Waals surface area contributed by atoms with E-state index in [4.69, 9.17) is 10.2 Å². The first-order valence-corrected chi connectivity index (χ1v) is 8.07. The molecule has 0 saturated carbocycles. The number of hydrogen-bond acceptors (Lipinski definition) is 7. The molecule has 1 rings (SSSR count). The van der Waals surface area contributed by atoms with Crippen molar-refractivity contribution in [1.82, 2.24) is 4.72 Å². The highest BCUT2D eigenvalue weighted by molar-refractivity contribution is 9.11. The molecule has 0 fully saturated rings. The van der Waals surface area contributed by atoms with E-state index in [0.717, 1.165) is 11.3 Å². The second-order valence-electron chi connectivity index (χ2n) is 3.43. The van der Waals surface area contributed by atoms with Crippen LogP contribution in [0, 0.1) is 0 Å². The van der Waals surface area contributed by atoms with Crippen molar-refractivity contribution in [2.45, 2.75) is 11.0 Å². The van der Waals surface area contributed by atoms with Gasteiger partial charge in [-0.05, 0) is 22.0 Å². The Morgan fingerprint density at radius 3 is 2.79 bits per heavy atom. The fourth-order valence-electron chi connectivity index (χ4n) is 1.08. The summed E-state index contributed by atoms with van der Waals surface area (Å²) in [5.41, 5.74) is 0. The van der Waals surface area contributed by atoms with Gasteiger partial charge in [-0.3, -0.25) is 0 Å². The predicted octanol–water partition coefficient (Wildman–Crippen LogP) is -0.0713. The van der Waals surface area contributed by atoms with Gasteiger partial charge in [0, 0.05) is 6.54 Å². The quantitative estimate of drug-likeness (QED) is 0.601. The summed E-state index contributed by atoms with van der Waals surface area (Å²) in [5.74, 6) is -0.637. The number of methoxy groups -OCH3 is 1. The molecule has 108 valence electrons. The molecule has 0 spiro atoms. The van der Waals surface area contributed by atoms with E-state index in [1.54, 1.807) is 0 Å². The zero-order valence-corrected chi connectivity index (χ0v) is 13.0. The van der Waals surface area contributed by atoms with Gasteiger partial charge in [-0.25, -0.2) is 17.9 Å². The minimum Gasteiger partial charge on any atom is -0.465 e. The van der Waals surface area contributed by atoms with Crippen molar-refractivity contribution in [2.75, 3.05) is 20.3 Å². The number of esters is 1. The van der Waals surface area contributed by atoms with Crippen LogP contribution in [0.3, 0.4) is 0 Å². The molecular formula is C9H12BrNO6S2. The molecule has 0 bridgehead atoms. The lowest BCUT2D eigenvalue weighted by molar-refractivity contribution is 0.0606. The van der Waals surface area contributed by atoms with E-state index in [1.165, 1.54) is 13.2 Å². The molecule has 7 nitrogen and oxygen atoms in total. The third-order valence-corrected chi connectivity index (χ3v) is 5.71. The Bertz CT molecular complexity index is 555. The number of halogens is 1. The normalized spacial score (nSPS) is 13.3. The van der Waals surface area contributed by atoms with Gasteiger partial charge < -0.3 is 14.9 Å². The van der Waals surface area contributed by atoms with Crippen molar-refractivity contribution in [1.29, 1.82) is 0 Å². The van der Waals surface area contributed by atoms with Gasteiger partial charge in [0.25, 0.3) is 0 Å². The van der Waals surface area contributed by atoms with Crippen LogP contribution >= 0.6 is 27.3 Å². The molecule has 0 saturated heterocycles. The van der Waals surface area contributed by atoms with E-state index >= 15 is 0 Å². The van der Waals surface area contributed by atoms with Crippen molar-refractivity contribution in [3.05, 3.63) is 14.7 Å². The van der Waals surface area contributed by atoms with Crippen LogP contribution < -0.4 is 4.72 Å². The molecule has 0 aliphatic rings. The largest absolute Gasteiger partial charge is 0.465 e. The maximum Gasteiger partial charge on any atom is 0.348 e. The van der Waals surface area contributed by atoms with Gasteiger partial charge in [-0.1, -0.05) is 0 Å². The average Bonchev–Trinajstić information content (AvgIpc) is 2.78. The summed E-state index contributed by atoms with van der Waals surface area (Å²) in [6.07, 6.45) is -1.19. The third kappa shape index (κ3) is 4.23. The monoisotopic (exact) mass is 373 g/mol. The highest BCUT2D eigenvalue weighted by Gasteiger charge is 2.24. The van der Waals surface area contributed by atoms with Crippen LogP contribution in [-0.2, 0) is 14.8 Å². The van der Waals surface area contributed by atoms with Crippen molar-refractivity contribution in [3.8, 4) is 0 Å². The maximum absolute atomic E-state index is 11.9. The molecular weight excluding hydrogens is 362 g/mol. The number of ether oxygens (including phenoxy) is 1. The molecule has 1 unspecified atom stereocenters. The molecule has 10 heteroatoms. The summed E-state index contributed by atoms with van der Waals surface area (Å²) in [4.78, 5) is 11.3. The number of thiophene rings is 1. The van der Waals surface area contributed by atoms with E-state index in [0.29, 0.717) is 0 Å². The summed E-state index contributed by atoms with van der Waals surface area (Å²) in [7, 11) is -2.69. The minimum absolute atomic E-state index is 0.122. The van der Waals surface area contributed by atoms with Gasteiger partial charge in [0.05, 0.1) is 23.6 Å². The van der Waals surface area contributed by atoms with Crippen LogP contribution in [0.1, 0.15) is 9.67 Å². The standard InChI is InChI=1S/C9H12BrNO6S2/c1-17-9(14)6-2-7(8(10)18-6)19(15,16)11-3-5(13)4-12/h2,5,11-13H,3-4H2,1H3. The summed E-state index contributed by atoms with van der Waals surface area (Å²) in [5, 5.41) is 17.7. The van der Waals surface area contributed by atoms with E-state index in [1.807, 2.05) is 0 Å². The Morgan fingerprint density at radius 1 is 1.63 bits per heavy atom. The van der Waals surface area contributed by atoms with Gasteiger partial charge in [0.2, 0.25) is 10.0 Å². The smallest absolute Gasteiger partial charge is 0.348 e. The Balaban J connectivity index is 2.95. The summed E-state index contributed by atoms with van der Waals surface area (Å²) in [6.45, 7) is -0.880. The highest BCUT2D eigenvalue weighted by Crippen LogP contribution is 2.31. The molecule has 0 amide bonds. The number of nitrogens with one attached hydrogen (secondary N) is 1. The van der Waals surface area contributed by atoms with E-state index < -0.39 is 28.7 Å². The number of aliphatic hydroxyl groups is 2. The van der Waals surface area contributed by atoms with Crippen molar-refractivity contribution in [3.63, 3.8) is 0 Å². The molecule has 3 N–H and O–H groups in total. The number of hydrogen-bond donors (Lipinski definition) is 3.